The highest BCUT2D eigenvalue weighted by atomic mass is 32.2. The molecular formula is C9H17N3S2. The summed E-state index contributed by atoms with van der Waals surface area (Å²) in [5.74, 6) is 3.31. The smallest absolute Gasteiger partial charge is 0.185 e. The third-order valence-electron chi connectivity index (χ3n) is 2.27. The average molecular weight is 231 g/mol. The van der Waals surface area contributed by atoms with Crippen molar-refractivity contribution in [1.82, 2.24) is 14.8 Å². The van der Waals surface area contributed by atoms with Crippen LogP contribution < -0.4 is 0 Å². The van der Waals surface area contributed by atoms with Crippen LogP contribution in [0, 0.1) is 11.8 Å². The molecule has 0 N–H and O–H groups in total. The van der Waals surface area contributed by atoms with Gasteiger partial charge in [-0.2, -0.15) is 17.7 Å². The number of hydrogen-bond acceptors (Lipinski definition) is 4. The zero-order valence-electron chi connectivity index (χ0n) is 8.84. The highest BCUT2D eigenvalue weighted by molar-refractivity contribution is 7.99. The van der Waals surface area contributed by atoms with E-state index in [2.05, 4.69) is 36.6 Å². The van der Waals surface area contributed by atoms with Gasteiger partial charge in [-0.05, 0) is 17.6 Å². The minimum absolute atomic E-state index is 0.639. The molecule has 1 aromatic rings. The zero-order chi connectivity index (χ0) is 10.6. The third kappa shape index (κ3) is 3.20. The number of nitrogens with zero attached hydrogens (tertiary/aromatic N) is 3. The van der Waals surface area contributed by atoms with Crippen LogP contribution in [0.25, 0.3) is 0 Å². The molecule has 1 unspecified atom stereocenters. The average Bonchev–Trinajstić information content (AvgIpc) is 2.52. The van der Waals surface area contributed by atoms with E-state index in [0.717, 1.165) is 16.7 Å². The number of thiol groups is 1. The summed E-state index contributed by atoms with van der Waals surface area (Å²) in [6, 6.07) is 0. The molecule has 1 rings (SSSR count). The van der Waals surface area contributed by atoms with Gasteiger partial charge < -0.3 is 0 Å². The molecule has 0 aromatic carbocycles. The second-order valence-corrected chi connectivity index (χ2v) is 5.02. The van der Waals surface area contributed by atoms with Crippen molar-refractivity contribution in [2.75, 3.05) is 11.5 Å². The molecule has 0 amide bonds. The van der Waals surface area contributed by atoms with Crippen LogP contribution in [0.5, 0.6) is 0 Å². The van der Waals surface area contributed by atoms with E-state index >= 15 is 0 Å². The lowest BCUT2D eigenvalue weighted by atomic mass is 10.0. The van der Waals surface area contributed by atoms with Gasteiger partial charge in [-0.3, -0.25) is 0 Å². The first-order chi connectivity index (χ1) is 6.65. The molecule has 14 heavy (non-hydrogen) atoms. The quantitative estimate of drug-likeness (QED) is 0.622. The van der Waals surface area contributed by atoms with Gasteiger partial charge in [0.05, 0.1) is 0 Å². The number of rotatable bonds is 5. The van der Waals surface area contributed by atoms with E-state index in [1.54, 1.807) is 22.8 Å². The third-order valence-corrected chi connectivity index (χ3v) is 3.97. The minimum Gasteiger partial charge on any atom is -0.244 e. The summed E-state index contributed by atoms with van der Waals surface area (Å²) in [6.07, 6.45) is 1.59. The van der Waals surface area contributed by atoms with E-state index in [-0.39, 0.29) is 0 Å². The summed E-state index contributed by atoms with van der Waals surface area (Å²) in [4.78, 5) is 4.17. The van der Waals surface area contributed by atoms with Crippen LogP contribution in [-0.2, 0) is 7.05 Å². The lowest BCUT2D eigenvalue weighted by Crippen LogP contribution is -2.13. The summed E-state index contributed by atoms with van der Waals surface area (Å²) in [7, 11) is 1.92. The van der Waals surface area contributed by atoms with Crippen molar-refractivity contribution in [3.63, 3.8) is 0 Å². The fourth-order valence-electron chi connectivity index (χ4n) is 1.05. The van der Waals surface area contributed by atoms with Gasteiger partial charge >= 0.3 is 0 Å². The molecule has 80 valence electrons. The van der Waals surface area contributed by atoms with Crippen LogP contribution in [0.2, 0.25) is 0 Å². The Morgan fingerprint density at radius 1 is 1.57 bits per heavy atom. The second-order valence-electron chi connectivity index (χ2n) is 3.66. The van der Waals surface area contributed by atoms with Crippen molar-refractivity contribution < 1.29 is 0 Å². The molecule has 0 fully saturated rings. The van der Waals surface area contributed by atoms with E-state index < -0.39 is 0 Å². The van der Waals surface area contributed by atoms with Crippen LogP contribution in [0.15, 0.2) is 11.5 Å². The van der Waals surface area contributed by atoms with Gasteiger partial charge in [-0.1, -0.05) is 25.6 Å². The summed E-state index contributed by atoms with van der Waals surface area (Å²) in [5, 5.41) is 5.01. The molecule has 0 bridgehead atoms. The summed E-state index contributed by atoms with van der Waals surface area (Å²) < 4.78 is 1.81. The summed E-state index contributed by atoms with van der Waals surface area (Å²) in [6.45, 7) is 4.47. The Morgan fingerprint density at radius 3 is 2.71 bits per heavy atom. The molecule has 0 saturated carbocycles. The predicted molar refractivity (Wildman–Crippen MR) is 63.9 cm³/mol. The maximum Gasteiger partial charge on any atom is 0.185 e. The van der Waals surface area contributed by atoms with Crippen molar-refractivity contribution in [2.24, 2.45) is 18.9 Å². The first kappa shape index (κ1) is 11.9. The Bertz CT molecular complexity index is 273. The first-order valence-corrected chi connectivity index (χ1v) is 6.34. The standard InChI is InChI=1S/C9H17N3S2/c1-7(2)8(4-13)5-14-9-10-6-11-12(9)3/h6-8,13H,4-5H2,1-3H3. The number of aryl methyl sites for hydroxylation is 1. The molecule has 0 aliphatic heterocycles. The number of thioether (sulfide) groups is 1. The summed E-state index contributed by atoms with van der Waals surface area (Å²) in [5.41, 5.74) is 0. The highest BCUT2D eigenvalue weighted by Gasteiger charge is 2.13. The number of hydrogen-bond donors (Lipinski definition) is 1. The van der Waals surface area contributed by atoms with Gasteiger partial charge in [0.1, 0.15) is 6.33 Å². The van der Waals surface area contributed by atoms with Gasteiger partial charge in [-0.15, -0.1) is 0 Å². The van der Waals surface area contributed by atoms with Gasteiger partial charge in [0, 0.05) is 12.8 Å². The van der Waals surface area contributed by atoms with Gasteiger partial charge in [-0.25, -0.2) is 9.67 Å². The Hall–Kier alpha value is -0.160. The second kappa shape index (κ2) is 5.66. The summed E-state index contributed by atoms with van der Waals surface area (Å²) >= 11 is 6.11. The zero-order valence-corrected chi connectivity index (χ0v) is 10.6. The lowest BCUT2D eigenvalue weighted by Gasteiger charge is -2.17. The molecule has 0 saturated heterocycles. The normalized spacial score (nSPS) is 13.5. The molecule has 1 aromatic heterocycles. The maximum absolute atomic E-state index is 4.36. The molecular weight excluding hydrogens is 214 g/mol. The van der Waals surface area contributed by atoms with E-state index in [9.17, 15) is 0 Å². The molecule has 0 aliphatic rings. The SMILES string of the molecule is CC(C)C(CS)CSc1ncnn1C. The highest BCUT2D eigenvalue weighted by Crippen LogP contribution is 2.22. The molecule has 1 heterocycles. The van der Waals surface area contributed by atoms with Crippen molar-refractivity contribution in [1.29, 1.82) is 0 Å². The molecule has 3 nitrogen and oxygen atoms in total. The Balaban J connectivity index is 2.43. The molecule has 1 atom stereocenters. The predicted octanol–water partition coefficient (Wildman–Crippen LogP) is 2.11. The minimum atomic E-state index is 0.639. The Labute approximate surface area is 95.1 Å². The van der Waals surface area contributed by atoms with Gasteiger partial charge in [0.2, 0.25) is 0 Å². The molecule has 0 aliphatic carbocycles. The van der Waals surface area contributed by atoms with Gasteiger partial charge in [0.15, 0.2) is 5.16 Å². The van der Waals surface area contributed by atoms with E-state index in [4.69, 9.17) is 0 Å². The van der Waals surface area contributed by atoms with Crippen LogP contribution in [0.3, 0.4) is 0 Å². The molecule has 5 heteroatoms. The number of aromatic nitrogens is 3. The van der Waals surface area contributed by atoms with Crippen LogP contribution in [-0.4, -0.2) is 26.3 Å². The fraction of sp³-hybridized carbons (Fsp3) is 0.778. The largest absolute Gasteiger partial charge is 0.244 e. The van der Waals surface area contributed by atoms with Gasteiger partial charge in [0.25, 0.3) is 0 Å². The Kier molecular flexibility index (Phi) is 4.81. The molecule has 0 spiro atoms. The topological polar surface area (TPSA) is 30.7 Å². The van der Waals surface area contributed by atoms with Crippen LogP contribution in [0.4, 0.5) is 0 Å². The van der Waals surface area contributed by atoms with Crippen molar-refractivity contribution >= 4 is 24.4 Å². The fourth-order valence-corrected chi connectivity index (χ4v) is 3.00. The monoisotopic (exact) mass is 231 g/mol. The van der Waals surface area contributed by atoms with Crippen LogP contribution >= 0.6 is 24.4 Å². The van der Waals surface area contributed by atoms with Crippen molar-refractivity contribution in [3.05, 3.63) is 6.33 Å². The maximum atomic E-state index is 4.36. The Morgan fingerprint density at radius 2 is 2.29 bits per heavy atom. The lowest BCUT2D eigenvalue weighted by molar-refractivity contribution is 0.472. The first-order valence-electron chi connectivity index (χ1n) is 4.72. The van der Waals surface area contributed by atoms with Crippen molar-refractivity contribution in [3.8, 4) is 0 Å². The molecule has 0 radical (unpaired) electrons. The van der Waals surface area contributed by atoms with Crippen LogP contribution in [0.1, 0.15) is 13.8 Å². The van der Waals surface area contributed by atoms with Crippen molar-refractivity contribution in [2.45, 2.75) is 19.0 Å². The van der Waals surface area contributed by atoms with E-state index in [1.165, 1.54) is 0 Å². The van der Waals surface area contributed by atoms with E-state index in [1.807, 2.05) is 7.05 Å². The van der Waals surface area contributed by atoms with E-state index in [0.29, 0.717) is 11.8 Å².